The van der Waals surface area contributed by atoms with Gasteiger partial charge in [-0.3, -0.25) is 4.79 Å². The molecule has 1 atom stereocenters. The van der Waals surface area contributed by atoms with E-state index < -0.39 is 15.3 Å². The van der Waals surface area contributed by atoms with Crippen molar-refractivity contribution in [3.8, 4) is 0 Å². The van der Waals surface area contributed by atoms with Gasteiger partial charge in [0, 0.05) is 36.3 Å². The second kappa shape index (κ2) is 6.54. The summed E-state index contributed by atoms with van der Waals surface area (Å²) in [4.78, 5) is 15.0. The van der Waals surface area contributed by atoms with Crippen LogP contribution < -0.4 is 0 Å². The minimum Gasteiger partial charge on any atom is -0.336 e. The number of thiophene rings is 1. The van der Waals surface area contributed by atoms with E-state index in [0.29, 0.717) is 36.0 Å². The molecule has 0 saturated carbocycles. The zero-order chi connectivity index (χ0) is 17.6. The van der Waals surface area contributed by atoms with Gasteiger partial charge in [0.05, 0.1) is 10.3 Å². The van der Waals surface area contributed by atoms with Crippen LogP contribution in [0.1, 0.15) is 28.9 Å². The maximum Gasteiger partial charge on any atom is 0.265 e. The second-order valence-corrected chi connectivity index (χ2v) is 10.2. The topological polar surface area (TPSA) is 57.7 Å². The van der Waals surface area contributed by atoms with Gasteiger partial charge in [-0.25, -0.2) is 12.7 Å². The molecule has 0 radical (unpaired) electrons. The number of carbonyl (C=O) groups excluding carboxylic acids is 1. The first kappa shape index (κ1) is 17.3. The van der Waals surface area contributed by atoms with Crippen LogP contribution in [0, 0.1) is 0 Å². The first-order valence-corrected chi connectivity index (χ1v) is 11.1. The highest BCUT2D eigenvalue weighted by molar-refractivity contribution is 7.89. The number of hydrogen-bond acceptors (Lipinski definition) is 4. The number of nitrogens with zero attached hydrogens (tertiary/aromatic N) is 2. The number of sulfonamides is 1. The maximum atomic E-state index is 12.9. The van der Waals surface area contributed by atoms with Crippen LogP contribution in [0.2, 0.25) is 5.02 Å². The number of amides is 1. The standard InChI is InChI=1S/C17H19ClN2O3S2/c18-15-13-5-1-2-6-14(13)24-16(15)17(21)19-10-7-12(11-19)25(22,23)20-8-3-4-9-20/h1-2,5-6,12H,3-4,7-11H2. The first-order chi connectivity index (χ1) is 12.0. The Morgan fingerprint density at radius 1 is 1.16 bits per heavy atom. The van der Waals surface area contributed by atoms with Crippen LogP contribution in [0.15, 0.2) is 24.3 Å². The Morgan fingerprint density at radius 2 is 1.88 bits per heavy atom. The molecule has 0 N–H and O–H groups in total. The van der Waals surface area contributed by atoms with Crippen molar-refractivity contribution in [1.29, 1.82) is 0 Å². The quantitative estimate of drug-likeness (QED) is 0.797. The lowest BCUT2D eigenvalue weighted by Crippen LogP contribution is -2.39. The number of likely N-dealkylation sites (tertiary alicyclic amines) is 1. The van der Waals surface area contributed by atoms with Gasteiger partial charge in [-0.15, -0.1) is 11.3 Å². The Hall–Kier alpha value is -1.15. The molecule has 2 aromatic rings. The molecular formula is C17H19ClN2O3S2. The number of rotatable bonds is 3. The van der Waals surface area contributed by atoms with E-state index >= 15 is 0 Å². The highest BCUT2D eigenvalue weighted by Crippen LogP contribution is 2.36. The van der Waals surface area contributed by atoms with E-state index in [1.807, 2.05) is 24.3 Å². The summed E-state index contributed by atoms with van der Waals surface area (Å²) >= 11 is 7.77. The minimum absolute atomic E-state index is 0.162. The van der Waals surface area contributed by atoms with Crippen LogP contribution in [0.25, 0.3) is 10.1 Å². The molecule has 4 rings (SSSR count). The molecule has 1 aromatic carbocycles. The van der Waals surface area contributed by atoms with Crippen molar-refractivity contribution < 1.29 is 13.2 Å². The number of benzene rings is 1. The summed E-state index contributed by atoms with van der Waals surface area (Å²) in [5, 5.41) is 0.845. The highest BCUT2D eigenvalue weighted by atomic mass is 35.5. The Balaban J connectivity index is 1.55. The van der Waals surface area contributed by atoms with Crippen molar-refractivity contribution in [2.45, 2.75) is 24.5 Å². The largest absolute Gasteiger partial charge is 0.336 e. The number of halogens is 1. The van der Waals surface area contributed by atoms with E-state index in [9.17, 15) is 13.2 Å². The third kappa shape index (κ3) is 2.97. The average molecular weight is 399 g/mol. The summed E-state index contributed by atoms with van der Waals surface area (Å²) in [6.45, 7) is 1.92. The van der Waals surface area contributed by atoms with Gasteiger partial charge in [-0.2, -0.15) is 0 Å². The maximum absolute atomic E-state index is 12.9. The predicted molar refractivity (Wildman–Crippen MR) is 101 cm³/mol. The summed E-state index contributed by atoms with van der Waals surface area (Å²) in [6, 6.07) is 7.64. The fourth-order valence-electron chi connectivity index (χ4n) is 3.60. The predicted octanol–water partition coefficient (Wildman–Crippen LogP) is 3.19. The summed E-state index contributed by atoms with van der Waals surface area (Å²) in [5.74, 6) is -0.162. The summed E-state index contributed by atoms with van der Waals surface area (Å²) in [7, 11) is -3.31. The highest BCUT2D eigenvalue weighted by Gasteiger charge is 2.40. The SMILES string of the molecule is O=C(c1sc2ccccc2c1Cl)N1CCC(S(=O)(=O)N2CCCC2)C1. The number of carbonyl (C=O) groups is 1. The van der Waals surface area contributed by atoms with Gasteiger partial charge < -0.3 is 4.90 Å². The molecule has 25 heavy (non-hydrogen) atoms. The van der Waals surface area contributed by atoms with Gasteiger partial charge in [-0.1, -0.05) is 29.8 Å². The first-order valence-electron chi connectivity index (χ1n) is 8.44. The van der Waals surface area contributed by atoms with Gasteiger partial charge in [0.25, 0.3) is 5.91 Å². The van der Waals surface area contributed by atoms with E-state index in [2.05, 4.69) is 0 Å². The van der Waals surface area contributed by atoms with E-state index in [1.165, 1.54) is 11.3 Å². The Labute approximate surface area is 156 Å². The van der Waals surface area contributed by atoms with Gasteiger partial charge >= 0.3 is 0 Å². The van der Waals surface area contributed by atoms with E-state index in [-0.39, 0.29) is 12.5 Å². The van der Waals surface area contributed by atoms with Crippen LogP contribution in [0.5, 0.6) is 0 Å². The van der Waals surface area contributed by atoms with Gasteiger partial charge in [-0.05, 0) is 25.3 Å². The smallest absolute Gasteiger partial charge is 0.265 e. The van der Waals surface area contributed by atoms with Crippen LogP contribution in [0.4, 0.5) is 0 Å². The summed E-state index contributed by atoms with van der Waals surface area (Å²) in [5.41, 5.74) is 0. The summed E-state index contributed by atoms with van der Waals surface area (Å²) < 4.78 is 28.0. The normalized spacial score (nSPS) is 22.1. The molecule has 0 aliphatic carbocycles. The van der Waals surface area contributed by atoms with Crippen molar-refractivity contribution in [2.75, 3.05) is 26.2 Å². The molecule has 0 spiro atoms. The molecule has 1 unspecified atom stereocenters. The molecule has 2 saturated heterocycles. The van der Waals surface area contributed by atoms with Crippen molar-refractivity contribution in [2.24, 2.45) is 0 Å². The van der Waals surface area contributed by atoms with Crippen LogP contribution >= 0.6 is 22.9 Å². The Kier molecular flexibility index (Phi) is 4.52. The molecule has 0 bridgehead atoms. The van der Waals surface area contributed by atoms with Crippen molar-refractivity contribution >= 4 is 49.0 Å². The molecular weight excluding hydrogens is 380 g/mol. The minimum atomic E-state index is -3.31. The molecule has 134 valence electrons. The molecule has 2 fully saturated rings. The molecule has 1 aromatic heterocycles. The van der Waals surface area contributed by atoms with Crippen molar-refractivity contribution in [3.63, 3.8) is 0 Å². The van der Waals surface area contributed by atoms with Crippen molar-refractivity contribution in [3.05, 3.63) is 34.2 Å². The van der Waals surface area contributed by atoms with Gasteiger partial charge in [0.15, 0.2) is 0 Å². The number of fused-ring (bicyclic) bond motifs is 1. The van der Waals surface area contributed by atoms with E-state index in [4.69, 9.17) is 11.6 Å². The molecule has 2 aliphatic heterocycles. The molecule has 3 heterocycles. The fourth-order valence-corrected chi connectivity index (χ4v) is 7.04. The van der Waals surface area contributed by atoms with Gasteiger partial charge in [0.2, 0.25) is 10.0 Å². The Morgan fingerprint density at radius 3 is 2.60 bits per heavy atom. The molecule has 2 aliphatic rings. The van der Waals surface area contributed by atoms with Crippen LogP contribution in [-0.4, -0.2) is 55.0 Å². The van der Waals surface area contributed by atoms with Crippen LogP contribution in [0.3, 0.4) is 0 Å². The van der Waals surface area contributed by atoms with Crippen molar-refractivity contribution in [1.82, 2.24) is 9.21 Å². The number of hydrogen-bond donors (Lipinski definition) is 0. The second-order valence-electron chi connectivity index (χ2n) is 6.55. The molecule has 1 amide bonds. The lowest BCUT2D eigenvalue weighted by atomic mass is 10.2. The fraction of sp³-hybridized carbons (Fsp3) is 0.471. The molecule has 8 heteroatoms. The lowest BCUT2D eigenvalue weighted by molar-refractivity contribution is 0.0798. The lowest BCUT2D eigenvalue weighted by Gasteiger charge is -2.21. The van der Waals surface area contributed by atoms with E-state index in [1.54, 1.807) is 9.21 Å². The molecule has 5 nitrogen and oxygen atoms in total. The van der Waals surface area contributed by atoms with E-state index in [0.717, 1.165) is 22.9 Å². The monoisotopic (exact) mass is 398 g/mol. The Bertz CT molecular complexity index is 919. The van der Waals surface area contributed by atoms with Crippen LogP contribution in [-0.2, 0) is 10.0 Å². The zero-order valence-corrected chi connectivity index (χ0v) is 16.0. The third-order valence-corrected chi connectivity index (χ3v) is 8.98. The zero-order valence-electron chi connectivity index (χ0n) is 13.7. The average Bonchev–Trinajstić information content (AvgIpc) is 3.35. The summed E-state index contributed by atoms with van der Waals surface area (Å²) in [6.07, 6.45) is 2.34. The van der Waals surface area contributed by atoms with Gasteiger partial charge in [0.1, 0.15) is 4.88 Å². The third-order valence-electron chi connectivity index (χ3n) is 5.01.